The molecule has 0 bridgehead atoms. The van der Waals surface area contributed by atoms with Crippen molar-refractivity contribution in [3.63, 3.8) is 0 Å². The Hall–Kier alpha value is -3.28. The molecule has 3 heterocycles. The van der Waals surface area contributed by atoms with Gasteiger partial charge in [-0.2, -0.15) is 5.10 Å². The van der Waals surface area contributed by atoms with E-state index in [2.05, 4.69) is 49.0 Å². The molecule has 0 saturated heterocycles. The fourth-order valence-electron chi connectivity index (χ4n) is 4.37. The Morgan fingerprint density at radius 1 is 1.00 bits per heavy atom. The number of H-pyrrole nitrogens is 1. The molecule has 146 valence electrons. The topological polar surface area (TPSA) is 72.3 Å². The molecule has 5 rings (SSSR count). The molecule has 0 unspecified atom stereocenters. The van der Waals surface area contributed by atoms with Crippen molar-refractivity contribution in [2.75, 3.05) is 0 Å². The van der Waals surface area contributed by atoms with Crippen molar-refractivity contribution in [3.8, 4) is 22.5 Å². The first kappa shape index (κ1) is 17.8. The average molecular weight is 384 g/mol. The summed E-state index contributed by atoms with van der Waals surface area (Å²) in [6.07, 6.45) is 13.6. The summed E-state index contributed by atoms with van der Waals surface area (Å²) in [4.78, 5) is 13.2. The predicted molar refractivity (Wildman–Crippen MR) is 112 cm³/mol. The quantitative estimate of drug-likeness (QED) is 0.535. The van der Waals surface area contributed by atoms with Crippen LogP contribution in [0.2, 0.25) is 0 Å². The van der Waals surface area contributed by atoms with Crippen molar-refractivity contribution in [1.82, 2.24) is 29.7 Å². The number of hydrogen-bond acceptors (Lipinski definition) is 4. The summed E-state index contributed by atoms with van der Waals surface area (Å²) in [5.74, 6) is 0.535. The van der Waals surface area contributed by atoms with Gasteiger partial charge in [0, 0.05) is 28.9 Å². The van der Waals surface area contributed by atoms with Gasteiger partial charge in [0.1, 0.15) is 6.33 Å². The smallest absolute Gasteiger partial charge is 0.115 e. The van der Waals surface area contributed by atoms with Crippen LogP contribution in [0.4, 0.5) is 0 Å². The van der Waals surface area contributed by atoms with E-state index in [0.29, 0.717) is 12.5 Å². The van der Waals surface area contributed by atoms with Crippen molar-refractivity contribution in [3.05, 3.63) is 72.8 Å². The maximum absolute atomic E-state index is 4.80. The number of aromatic amines is 1. The molecule has 1 fully saturated rings. The zero-order chi connectivity index (χ0) is 19.5. The molecule has 3 aromatic heterocycles. The maximum atomic E-state index is 4.80. The van der Waals surface area contributed by atoms with Crippen molar-refractivity contribution >= 4 is 0 Å². The zero-order valence-corrected chi connectivity index (χ0v) is 16.3. The van der Waals surface area contributed by atoms with Gasteiger partial charge >= 0.3 is 0 Å². The molecule has 6 nitrogen and oxygen atoms in total. The van der Waals surface area contributed by atoms with Crippen LogP contribution in [0.15, 0.2) is 61.4 Å². The average Bonchev–Trinajstić information content (AvgIpc) is 3.42. The van der Waals surface area contributed by atoms with Crippen molar-refractivity contribution in [2.24, 2.45) is 0 Å². The Bertz CT molecular complexity index is 1060. The van der Waals surface area contributed by atoms with E-state index < -0.39 is 0 Å². The molecule has 1 aliphatic rings. The van der Waals surface area contributed by atoms with E-state index in [1.54, 1.807) is 12.5 Å². The van der Waals surface area contributed by atoms with Gasteiger partial charge in [-0.05, 0) is 18.9 Å². The minimum Gasteiger partial charge on any atom is -0.324 e. The number of nitrogens with zero attached hydrogens (tertiary/aromatic N) is 5. The molecule has 4 aromatic rings. The van der Waals surface area contributed by atoms with Crippen LogP contribution in [0.3, 0.4) is 0 Å². The molecule has 6 heteroatoms. The number of benzene rings is 1. The molecule has 1 N–H and O–H groups in total. The minimum absolute atomic E-state index is 0.535. The standard InChI is InChI=1S/C23H24N6/c1-3-7-17(8-4-1)21-20(13-27-28-21)23-22(18-9-5-2-6-10-18)26-16-29(23)14-19-11-12-24-15-25-19/h2,5-6,9-13,15-17H,1,3-4,7-8,14H2,(H,27,28). The first-order valence-electron chi connectivity index (χ1n) is 10.3. The maximum Gasteiger partial charge on any atom is 0.115 e. The Balaban J connectivity index is 1.62. The zero-order valence-electron chi connectivity index (χ0n) is 16.3. The molecule has 0 atom stereocenters. The van der Waals surface area contributed by atoms with Crippen LogP contribution < -0.4 is 0 Å². The molecule has 1 aliphatic carbocycles. The first-order chi connectivity index (χ1) is 14.4. The lowest BCUT2D eigenvalue weighted by atomic mass is 9.85. The summed E-state index contributed by atoms with van der Waals surface area (Å²) < 4.78 is 2.18. The van der Waals surface area contributed by atoms with Gasteiger partial charge in [-0.25, -0.2) is 15.0 Å². The predicted octanol–water partition coefficient (Wildman–Crippen LogP) is 4.83. The van der Waals surface area contributed by atoms with Crippen LogP contribution in [-0.2, 0) is 6.54 Å². The summed E-state index contributed by atoms with van der Waals surface area (Å²) in [6, 6.07) is 12.3. The Morgan fingerprint density at radius 3 is 2.66 bits per heavy atom. The summed E-state index contributed by atoms with van der Waals surface area (Å²) in [6.45, 7) is 0.646. The van der Waals surface area contributed by atoms with Crippen molar-refractivity contribution in [2.45, 2.75) is 44.6 Å². The van der Waals surface area contributed by atoms with E-state index in [-0.39, 0.29) is 0 Å². The van der Waals surface area contributed by atoms with Crippen LogP contribution in [0.1, 0.15) is 49.4 Å². The van der Waals surface area contributed by atoms with E-state index in [0.717, 1.165) is 28.2 Å². The Labute approximate surface area is 170 Å². The van der Waals surface area contributed by atoms with Crippen LogP contribution >= 0.6 is 0 Å². The monoisotopic (exact) mass is 384 g/mol. The lowest BCUT2D eigenvalue weighted by molar-refractivity contribution is 0.437. The minimum atomic E-state index is 0.535. The highest BCUT2D eigenvalue weighted by Gasteiger charge is 2.25. The van der Waals surface area contributed by atoms with Crippen LogP contribution in [0, 0.1) is 0 Å². The Morgan fingerprint density at radius 2 is 1.86 bits per heavy atom. The first-order valence-corrected chi connectivity index (χ1v) is 10.3. The van der Waals surface area contributed by atoms with Crippen molar-refractivity contribution in [1.29, 1.82) is 0 Å². The van der Waals surface area contributed by atoms with Crippen molar-refractivity contribution < 1.29 is 0 Å². The van der Waals surface area contributed by atoms with E-state index in [4.69, 9.17) is 4.98 Å². The van der Waals surface area contributed by atoms with Gasteiger partial charge in [-0.3, -0.25) is 5.10 Å². The third-order valence-corrected chi connectivity index (χ3v) is 5.80. The van der Waals surface area contributed by atoms with Gasteiger partial charge in [0.15, 0.2) is 0 Å². The summed E-state index contributed by atoms with van der Waals surface area (Å²) in [5, 5.41) is 7.76. The highest BCUT2D eigenvalue weighted by molar-refractivity contribution is 5.79. The second-order valence-corrected chi connectivity index (χ2v) is 7.67. The third kappa shape index (κ3) is 3.58. The summed E-state index contributed by atoms with van der Waals surface area (Å²) in [5.41, 5.74) is 6.55. The highest BCUT2D eigenvalue weighted by Crippen LogP contribution is 2.39. The molecule has 0 spiro atoms. The largest absolute Gasteiger partial charge is 0.324 e. The molecule has 0 radical (unpaired) electrons. The van der Waals surface area contributed by atoms with Crippen LogP contribution in [-0.4, -0.2) is 29.7 Å². The summed E-state index contributed by atoms with van der Waals surface area (Å²) >= 11 is 0. The van der Waals surface area contributed by atoms with E-state index in [1.165, 1.54) is 37.8 Å². The molecule has 1 saturated carbocycles. The Kier molecular flexibility index (Phi) is 4.90. The van der Waals surface area contributed by atoms with E-state index >= 15 is 0 Å². The lowest BCUT2D eigenvalue weighted by Gasteiger charge is -2.22. The van der Waals surface area contributed by atoms with E-state index in [1.807, 2.05) is 24.7 Å². The van der Waals surface area contributed by atoms with Gasteiger partial charge in [0.05, 0.1) is 36.2 Å². The second kappa shape index (κ2) is 7.99. The van der Waals surface area contributed by atoms with Crippen LogP contribution in [0.5, 0.6) is 0 Å². The molecule has 1 aromatic carbocycles. The van der Waals surface area contributed by atoms with Gasteiger partial charge in [-0.15, -0.1) is 0 Å². The SMILES string of the molecule is c1ccc(-c2ncn(Cc3ccncn3)c2-c2cn[nH]c2C2CCCCC2)cc1. The third-order valence-electron chi connectivity index (χ3n) is 5.80. The number of rotatable bonds is 5. The fraction of sp³-hybridized carbons (Fsp3) is 0.304. The molecule has 0 aliphatic heterocycles. The second-order valence-electron chi connectivity index (χ2n) is 7.67. The lowest BCUT2D eigenvalue weighted by Crippen LogP contribution is -2.08. The summed E-state index contributed by atoms with van der Waals surface area (Å²) in [7, 11) is 0. The fourth-order valence-corrected chi connectivity index (χ4v) is 4.37. The van der Waals surface area contributed by atoms with Crippen LogP contribution in [0.25, 0.3) is 22.5 Å². The number of nitrogens with one attached hydrogen (secondary N) is 1. The highest BCUT2D eigenvalue weighted by atomic mass is 15.1. The van der Waals surface area contributed by atoms with Gasteiger partial charge in [0.25, 0.3) is 0 Å². The number of aromatic nitrogens is 6. The molecule has 0 amide bonds. The van der Waals surface area contributed by atoms with Gasteiger partial charge < -0.3 is 4.57 Å². The normalized spacial score (nSPS) is 14.9. The molecule has 29 heavy (non-hydrogen) atoms. The molecular weight excluding hydrogens is 360 g/mol. The number of imidazole rings is 1. The van der Waals surface area contributed by atoms with E-state index in [9.17, 15) is 0 Å². The van der Waals surface area contributed by atoms with Gasteiger partial charge in [-0.1, -0.05) is 49.6 Å². The number of hydrogen-bond donors (Lipinski definition) is 1. The molecular formula is C23H24N6. The van der Waals surface area contributed by atoms with Gasteiger partial charge in [0.2, 0.25) is 0 Å².